The second-order valence-corrected chi connectivity index (χ2v) is 11.8. The average molecular weight is 898 g/mol. The molecule has 0 atom stereocenters. The molecule has 20 heteroatoms. The summed E-state index contributed by atoms with van der Waals surface area (Å²) in [5, 5.41) is 0. The highest BCUT2D eigenvalue weighted by Gasteiger charge is 2.75. The van der Waals surface area contributed by atoms with Crippen molar-refractivity contribution in [2.75, 3.05) is 0 Å². The summed E-state index contributed by atoms with van der Waals surface area (Å²) in [6.07, 6.45) is -10.2. The number of nitrogens with zero attached hydrogens (tertiary/aromatic N) is 2. The number of halogens is 16. The molecule has 0 unspecified atom stereocenters. The van der Waals surface area contributed by atoms with Gasteiger partial charge in [-0.2, -0.15) is 61.5 Å². The number of rotatable bonds is 4. The molecule has 0 aliphatic carbocycles. The number of aromatic amines is 2. The van der Waals surface area contributed by atoms with Crippen molar-refractivity contribution in [2.24, 2.45) is 0 Å². The van der Waals surface area contributed by atoms with Gasteiger partial charge < -0.3 is 9.97 Å². The minimum absolute atomic E-state index is 0.205. The monoisotopic (exact) mass is 898 g/mol. The smallest absolute Gasteiger partial charge is 0.354 e. The number of hydrogen-bond donors (Lipinski definition) is 2. The molecule has 5 heterocycles. The lowest BCUT2D eigenvalue weighted by Crippen LogP contribution is -2.50. The molecule has 8 bridgehead atoms. The fourth-order valence-electron chi connectivity index (χ4n) is 4.47. The molecule has 2 N–H and O–H groups in total. The third-order valence-electron chi connectivity index (χ3n) is 6.75. The van der Waals surface area contributed by atoms with Crippen LogP contribution in [0, 0.1) is 7.14 Å². The number of alkyl halides is 14. The maximum atomic E-state index is 15.3. The number of fused-ring (bicyclic) bond motifs is 8. The summed E-state index contributed by atoms with van der Waals surface area (Å²) in [7, 11) is 0. The Hall–Kier alpha value is -2.92. The summed E-state index contributed by atoms with van der Waals surface area (Å²) < 4.78 is 197. The quantitative estimate of drug-likeness (QED) is 0.140. The van der Waals surface area contributed by atoms with Gasteiger partial charge >= 0.3 is 36.0 Å². The van der Waals surface area contributed by atoms with Crippen molar-refractivity contribution < 1.29 is 61.5 Å². The first-order chi connectivity index (χ1) is 20.9. The fourth-order valence-corrected chi connectivity index (χ4v) is 5.70. The summed E-state index contributed by atoms with van der Waals surface area (Å²) in [6.45, 7) is 0. The van der Waals surface area contributed by atoms with Crippen LogP contribution in [0.2, 0.25) is 0 Å². The third-order valence-corrected chi connectivity index (χ3v) is 9.02. The minimum Gasteiger partial charge on any atom is -0.354 e. The Balaban J connectivity index is 1.97. The van der Waals surface area contributed by atoms with E-state index < -0.39 is 81.0 Å². The molecule has 0 spiro atoms. The highest BCUT2D eigenvalue weighted by molar-refractivity contribution is 14.1. The lowest BCUT2D eigenvalue weighted by Gasteiger charge is -2.28. The van der Waals surface area contributed by atoms with E-state index in [0.717, 1.165) is 24.3 Å². The van der Waals surface area contributed by atoms with Gasteiger partial charge in [0.05, 0.1) is 63.1 Å². The van der Waals surface area contributed by atoms with Gasteiger partial charge in [0.2, 0.25) is 0 Å². The van der Waals surface area contributed by atoms with Gasteiger partial charge in [-0.15, -0.1) is 0 Å². The van der Waals surface area contributed by atoms with Gasteiger partial charge in [0.1, 0.15) is 0 Å². The lowest BCUT2D eigenvalue weighted by molar-refractivity contribution is -0.359. The zero-order valence-corrected chi connectivity index (χ0v) is 25.9. The van der Waals surface area contributed by atoms with Crippen LogP contribution in [0.25, 0.3) is 46.4 Å². The van der Waals surface area contributed by atoms with E-state index >= 15 is 17.6 Å². The molecular weight excluding hydrogens is 888 g/mol. The molecule has 3 aromatic rings. The van der Waals surface area contributed by atoms with Crippen LogP contribution in [0.5, 0.6) is 0 Å². The highest BCUT2D eigenvalue weighted by atomic mass is 127. The van der Waals surface area contributed by atoms with Crippen LogP contribution in [0.1, 0.15) is 33.9 Å². The summed E-state index contributed by atoms with van der Waals surface area (Å²) in [5.74, 6) is -25.0. The van der Waals surface area contributed by atoms with Gasteiger partial charge in [0.25, 0.3) is 0 Å². The van der Waals surface area contributed by atoms with Crippen molar-refractivity contribution in [3.63, 3.8) is 0 Å². The standard InChI is InChI=1S/C26H10F14I2N4/c27-21(28,23(31,32)25(35,36)37)17-9-1-5-13(43-9)19(41)14-7-3-11(45-14)18(22(29,30)24(33,34)26(38,39)40)12-4-8-16(46-12)20(42)15-6-2-10(17)44-15/h1-8,43,46H. The molecule has 3 aromatic heterocycles. The number of aromatic nitrogens is 4. The van der Waals surface area contributed by atoms with Crippen molar-refractivity contribution >= 4 is 91.6 Å². The number of H-pyrrole nitrogens is 2. The Morgan fingerprint density at radius 2 is 0.717 bits per heavy atom. The predicted octanol–water partition coefficient (Wildman–Crippen LogP) is 10.4. The Kier molecular flexibility index (Phi) is 8.08. The maximum Gasteiger partial charge on any atom is 0.460 e. The molecule has 0 radical (unpaired) electrons. The van der Waals surface area contributed by atoms with Crippen molar-refractivity contribution in [1.29, 1.82) is 0 Å². The van der Waals surface area contributed by atoms with Crippen molar-refractivity contribution in [3.8, 4) is 0 Å². The van der Waals surface area contributed by atoms with E-state index in [1.165, 1.54) is 45.2 Å². The van der Waals surface area contributed by atoms with E-state index in [2.05, 4.69) is 19.9 Å². The van der Waals surface area contributed by atoms with Crippen LogP contribution in [-0.2, 0) is 11.8 Å². The highest BCUT2D eigenvalue weighted by Crippen LogP contribution is 2.55. The lowest BCUT2D eigenvalue weighted by atomic mass is 10.00. The van der Waals surface area contributed by atoms with Gasteiger partial charge in [-0.1, -0.05) is 0 Å². The summed E-state index contributed by atoms with van der Waals surface area (Å²) in [5.41, 5.74) is -9.17. The van der Waals surface area contributed by atoms with Crippen LogP contribution < -0.4 is 0 Å². The fraction of sp³-hybridized carbons (Fsp3) is 0.231. The first-order valence-corrected chi connectivity index (χ1v) is 14.2. The van der Waals surface area contributed by atoms with Crippen LogP contribution in [-0.4, -0.2) is 44.1 Å². The predicted molar refractivity (Wildman–Crippen MR) is 154 cm³/mol. The van der Waals surface area contributed by atoms with E-state index in [4.69, 9.17) is 0 Å². The van der Waals surface area contributed by atoms with Crippen LogP contribution >= 0.6 is 45.2 Å². The molecule has 0 fully saturated rings. The molecule has 0 amide bonds. The van der Waals surface area contributed by atoms with Crippen molar-refractivity contribution in [2.45, 2.75) is 36.0 Å². The molecule has 246 valence electrons. The minimum atomic E-state index is -6.71. The Morgan fingerprint density at radius 1 is 0.435 bits per heavy atom. The Bertz CT molecular complexity index is 1830. The van der Waals surface area contributed by atoms with Gasteiger partial charge in [-0.05, 0) is 93.8 Å². The molecular formula is C26H10F14I2N4. The molecule has 0 saturated carbocycles. The van der Waals surface area contributed by atoms with Crippen LogP contribution in [0.15, 0.2) is 24.3 Å². The van der Waals surface area contributed by atoms with Crippen molar-refractivity contribution in [1.82, 2.24) is 19.9 Å². The van der Waals surface area contributed by atoms with E-state index in [1.54, 1.807) is 0 Å². The summed E-state index contributed by atoms with van der Waals surface area (Å²) >= 11 is 2.87. The third kappa shape index (κ3) is 5.16. The maximum absolute atomic E-state index is 15.3. The normalized spacial score (nSPS) is 14.8. The van der Waals surface area contributed by atoms with E-state index in [9.17, 15) is 43.9 Å². The average Bonchev–Trinajstić information content (AvgIpc) is 3.74. The topological polar surface area (TPSA) is 57.4 Å². The first-order valence-electron chi connectivity index (χ1n) is 12.1. The Labute approximate surface area is 273 Å². The van der Waals surface area contributed by atoms with Gasteiger partial charge in [0, 0.05) is 0 Å². The van der Waals surface area contributed by atoms with E-state index in [-0.39, 0.29) is 18.2 Å². The van der Waals surface area contributed by atoms with E-state index in [0.29, 0.717) is 24.3 Å². The molecule has 0 aromatic carbocycles. The second kappa shape index (κ2) is 10.8. The SMILES string of the molecule is FC(F)(F)C(F)(F)C(F)(F)c1c2nc(c(I)c3ccc([nH]3)c(C(F)(F)C(F)(F)C(F)(F)F)c3nc(c(I)c4ccc1[nH]4)C=C3)C=C2. The molecule has 0 saturated heterocycles. The number of nitrogens with one attached hydrogen (secondary N) is 2. The molecule has 2 aliphatic rings. The van der Waals surface area contributed by atoms with Gasteiger partial charge in [-0.3, -0.25) is 0 Å². The van der Waals surface area contributed by atoms with Gasteiger partial charge in [-0.25, -0.2) is 9.97 Å². The first kappa shape index (κ1) is 34.4. The molecule has 4 nitrogen and oxygen atoms in total. The Morgan fingerprint density at radius 3 is 1.02 bits per heavy atom. The van der Waals surface area contributed by atoms with Crippen LogP contribution in [0.3, 0.4) is 0 Å². The van der Waals surface area contributed by atoms with Gasteiger partial charge in [0.15, 0.2) is 0 Å². The van der Waals surface area contributed by atoms with Crippen LogP contribution in [0.4, 0.5) is 61.5 Å². The second-order valence-electron chi connectivity index (χ2n) is 9.67. The van der Waals surface area contributed by atoms with Crippen molar-refractivity contribution in [3.05, 3.63) is 65.3 Å². The summed E-state index contributed by atoms with van der Waals surface area (Å²) in [6, 6.07) is 3.28. The largest absolute Gasteiger partial charge is 0.460 e. The number of hydrogen-bond acceptors (Lipinski definition) is 2. The molecule has 2 aliphatic heterocycles. The molecule has 46 heavy (non-hydrogen) atoms. The summed E-state index contributed by atoms with van der Waals surface area (Å²) in [4.78, 5) is 12.0. The zero-order valence-electron chi connectivity index (χ0n) is 21.6. The zero-order chi connectivity index (χ0) is 34.4. The van der Waals surface area contributed by atoms with E-state index in [1.807, 2.05) is 0 Å². The molecule has 5 rings (SSSR count).